The minimum absolute atomic E-state index is 0. The van der Waals surface area contributed by atoms with Crippen LogP contribution in [0, 0.1) is 0 Å². The summed E-state index contributed by atoms with van der Waals surface area (Å²) in [7, 11) is -10.0. The Morgan fingerprint density at radius 2 is 1.00 bits per heavy atom. The van der Waals surface area contributed by atoms with Crippen molar-refractivity contribution in [3.8, 4) is 0 Å². The van der Waals surface area contributed by atoms with Crippen LogP contribution in [-0.4, -0.2) is 25.9 Å². The van der Waals surface area contributed by atoms with Crippen molar-refractivity contribution >= 4 is 20.8 Å². The fourth-order valence-corrected chi connectivity index (χ4v) is 0.632. The van der Waals surface area contributed by atoms with Gasteiger partial charge in [0.25, 0.3) is 0 Å². The molecule has 0 atom stereocenters. The topological polar surface area (TPSA) is 127 Å². The largest absolute Gasteiger partial charge is 1.00 e. The summed E-state index contributed by atoms with van der Waals surface area (Å²) in [6, 6.07) is 0. The molecule has 0 rings (SSSR count). The van der Waals surface area contributed by atoms with Gasteiger partial charge >= 0.3 is 79.9 Å². The van der Waals surface area contributed by atoms with E-state index in [0.29, 0.717) is 0 Å². The predicted octanol–water partition coefficient (Wildman–Crippen LogP) is -7.23. The molecule has 12 heavy (non-hydrogen) atoms. The van der Waals surface area contributed by atoms with Gasteiger partial charge in [-0.15, -0.1) is 0 Å². The first-order chi connectivity index (χ1) is 4.21. The van der Waals surface area contributed by atoms with E-state index in [0.717, 1.165) is 0 Å². The van der Waals surface area contributed by atoms with Crippen LogP contribution in [0.15, 0.2) is 0 Å². The van der Waals surface area contributed by atoms with Gasteiger partial charge in [0.05, 0.1) is 0 Å². The summed E-state index contributed by atoms with van der Waals surface area (Å²) in [6.45, 7) is 0. The molecular formula is H4Na2O8S2. The van der Waals surface area contributed by atoms with Crippen molar-refractivity contribution in [3.05, 3.63) is 0 Å². The van der Waals surface area contributed by atoms with Gasteiger partial charge < -0.3 is 2.85 Å². The molecule has 0 aliphatic carbocycles. The van der Waals surface area contributed by atoms with Crippen LogP contribution in [0.3, 0.4) is 0 Å². The Bertz CT molecular complexity index is 259. The normalized spacial score (nSPS) is 11.2. The average molecular weight is 242 g/mol. The van der Waals surface area contributed by atoms with Crippen LogP contribution in [0.2, 0.25) is 0 Å². The van der Waals surface area contributed by atoms with Gasteiger partial charge in [0.1, 0.15) is 0 Å². The van der Waals surface area contributed by atoms with Crippen molar-refractivity contribution in [2.75, 3.05) is 0 Å². The van der Waals surface area contributed by atoms with Gasteiger partial charge in [0, 0.05) is 0 Å². The molecule has 8 nitrogen and oxygen atoms in total. The van der Waals surface area contributed by atoms with Crippen LogP contribution in [0.25, 0.3) is 0 Å². The van der Waals surface area contributed by atoms with Gasteiger partial charge in [-0.3, -0.25) is 9.11 Å². The maximum atomic E-state index is 9.51. The molecule has 0 aromatic carbocycles. The van der Waals surface area contributed by atoms with E-state index in [1.165, 1.54) is 0 Å². The molecule has 0 heterocycles. The van der Waals surface area contributed by atoms with E-state index in [-0.39, 0.29) is 62.0 Å². The first-order valence-corrected chi connectivity index (χ1v) is 4.26. The van der Waals surface area contributed by atoms with E-state index in [9.17, 15) is 16.8 Å². The van der Waals surface area contributed by atoms with Crippen LogP contribution >= 0.6 is 0 Å². The summed E-state index contributed by atoms with van der Waals surface area (Å²) in [5, 5.41) is 0. The van der Waals surface area contributed by atoms with E-state index < -0.39 is 20.8 Å². The summed E-state index contributed by atoms with van der Waals surface area (Å²) >= 11 is 0. The Morgan fingerprint density at radius 3 is 1.08 bits per heavy atom. The third-order valence-corrected chi connectivity index (χ3v) is 0.766. The third kappa shape index (κ3) is 17.7. The molecule has 66 valence electrons. The summed E-state index contributed by atoms with van der Waals surface area (Å²) in [4.78, 5) is 0. The molecule has 12 heteroatoms. The Labute approximate surface area is 116 Å². The fraction of sp³-hybridized carbons (Fsp3) is 0. The van der Waals surface area contributed by atoms with Crippen LogP contribution in [-0.2, 0) is 29.5 Å². The minimum atomic E-state index is -5.02. The first kappa shape index (κ1) is 19.3. The van der Waals surface area contributed by atoms with E-state index >= 15 is 0 Å². The van der Waals surface area contributed by atoms with Crippen molar-refractivity contribution < 1.29 is 96.6 Å². The van der Waals surface area contributed by atoms with Crippen molar-refractivity contribution in [2.45, 2.75) is 0 Å². The molecule has 0 fully saturated rings. The van der Waals surface area contributed by atoms with Crippen LogP contribution in [0.1, 0.15) is 2.85 Å². The summed E-state index contributed by atoms with van der Waals surface area (Å²) in [6.07, 6.45) is 0. The van der Waals surface area contributed by atoms with Gasteiger partial charge in [0.2, 0.25) is 0 Å². The average Bonchev–Trinajstić information content (AvgIpc) is 1.57. The summed E-state index contributed by atoms with van der Waals surface area (Å²) in [5.41, 5.74) is 0. The zero-order valence-electron chi connectivity index (χ0n) is 8.16. The van der Waals surface area contributed by atoms with Gasteiger partial charge in [0.15, 0.2) is 0 Å². The maximum absolute atomic E-state index is 9.51. The molecule has 0 radical (unpaired) electrons. The van der Waals surface area contributed by atoms with Crippen molar-refractivity contribution in [3.63, 3.8) is 0 Å². The summed E-state index contributed by atoms with van der Waals surface area (Å²) < 4.78 is 58.9. The Morgan fingerprint density at radius 1 is 0.833 bits per heavy atom. The van der Waals surface area contributed by atoms with Crippen molar-refractivity contribution in [2.24, 2.45) is 0 Å². The molecule has 0 aromatic heterocycles. The zero-order valence-corrected chi connectivity index (χ0v) is 11.8. The van der Waals surface area contributed by atoms with E-state index in [1.54, 1.807) is 0 Å². The van der Waals surface area contributed by atoms with Gasteiger partial charge in [-0.05, 0) is 0 Å². The SMILES string of the molecule is O=S(=O)(O)OOS(=O)(=O)O.[H-].[H-].[Na+].[Na+]. The number of rotatable bonds is 3. The van der Waals surface area contributed by atoms with Gasteiger partial charge in [-0.1, -0.05) is 8.67 Å². The molecule has 0 saturated carbocycles. The summed E-state index contributed by atoms with van der Waals surface area (Å²) in [5.74, 6) is 0. The molecule has 0 unspecified atom stereocenters. The first-order valence-electron chi connectivity index (χ1n) is 1.53. The number of hydrogen-bond donors (Lipinski definition) is 2. The minimum Gasteiger partial charge on any atom is -1.00 e. The fourth-order valence-electron chi connectivity index (χ4n) is 0.0702. The quantitative estimate of drug-likeness (QED) is 0.216. The second-order valence-electron chi connectivity index (χ2n) is 0.992. The predicted molar refractivity (Wildman–Crippen MR) is 27.5 cm³/mol. The maximum Gasteiger partial charge on any atom is 1.00 e. The Hall–Kier alpha value is 1.74. The standard InChI is InChI=1S/2Na.H2O8S2.2H/c;;1-9(2,3)7-8-10(4,5)6;;/h;;(H,1,2,3)(H,4,5,6);;/q2*+1;;2*-1. The van der Waals surface area contributed by atoms with E-state index in [2.05, 4.69) is 8.67 Å². The molecule has 0 aliphatic heterocycles. The zero-order chi connectivity index (χ0) is 8.41. The van der Waals surface area contributed by atoms with Gasteiger partial charge in [-0.25, -0.2) is 0 Å². The van der Waals surface area contributed by atoms with Crippen LogP contribution in [0.4, 0.5) is 0 Å². The monoisotopic (exact) mass is 242 g/mol. The smallest absolute Gasteiger partial charge is 1.00 e. The molecule has 0 bridgehead atoms. The second-order valence-corrected chi connectivity index (χ2v) is 2.97. The molecule has 0 spiro atoms. The molecule has 0 saturated heterocycles. The van der Waals surface area contributed by atoms with Crippen LogP contribution < -0.4 is 59.1 Å². The Kier molecular flexibility index (Phi) is 11.4. The number of hydrogen-bond acceptors (Lipinski definition) is 6. The molecule has 2 N–H and O–H groups in total. The third-order valence-electron chi connectivity index (χ3n) is 0.200. The molecule has 0 aliphatic rings. The molecular weight excluding hydrogens is 238 g/mol. The molecule has 0 aromatic rings. The van der Waals surface area contributed by atoms with E-state index in [1.807, 2.05) is 0 Å². The van der Waals surface area contributed by atoms with E-state index in [4.69, 9.17) is 9.11 Å². The van der Waals surface area contributed by atoms with Crippen molar-refractivity contribution in [1.29, 1.82) is 0 Å². The van der Waals surface area contributed by atoms with Crippen LogP contribution in [0.5, 0.6) is 0 Å². The second kappa shape index (κ2) is 7.09. The van der Waals surface area contributed by atoms with Gasteiger partial charge in [-0.2, -0.15) is 16.8 Å². The molecule has 0 amide bonds. The van der Waals surface area contributed by atoms with Crippen molar-refractivity contribution in [1.82, 2.24) is 0 Å². The Balaban J connectivity index is -0.0000000675.